The lowest BCUT2D eigenvalue weighted by atomic mass is 10.1. The first-order valence-electron chi connectivity index (χ1n) is 20.0. The monoisotopic (exact) mass is 843 g/mol. The molecule has 14 heteroatoms. The van der Waals surface area contributed by atoms with Gasteiger partial charge in [0.25, 0.3) is 5.91 Å². The van der Waals surface area contributed by atoms with Crippen molar-refractivity contribution in [2.24, 2.45) is 0 Å². The number of carbonyl (C=O) groups is 3. The number of halogens is 1. The average molecular weight is 845 g/mol. The van der Waals surface area contributed by atoms with Crippen LogP contribution < -0.4 is 29.7 Å². The van der Waals surface area contributed by atoms with Gasteiger partial charge >= 0.3 is 6.03 Å². The second-order valence-corrected chi connectivity index (χ2v) is 15.6. The van der Waals surface area contributed by atoms with Gasteiger partial charge in [-0.25, -0.2) is 14.8 Å². The Morgan fingerprint density at radius 1 is 0.877 bits per heavy atom. The lowest BCUT2D eigenvalue weighted by Gasteiger charge is -2.34. The molecule has 0 saturated carbocycles. The van der Waals surface area contributed by atoms with Crippen LogP contribution in [0.15, 0.2) is 65.1 Å². The van der Waals surface area contributed by atoms with E-state index in [-0.39, 0.29) is 30.9 Å². The van der Waals surface area contributed by atoms with Crippen molar-refractivity contribution in [1.82, 2.24) is 25.1 Å². The van der Waals surface area contributed by atoms with Crippen molar-refractivity contribution in [3.8, 4) is 17.2 Å². The molecule has 0 bridgehead atoms. The van der Waals surface area contributed by atoms with E-state index in [2.05, 4.69) is 50.5 Å². The molecule has 57 heavy (non-hydrogen) atoms. The molecule has 0 spiro atoms. The number of methoxy groups -OCH3 is 1. The number of hydrogen-bond acceptors (Lipinski definition) is 10. The van der Waals surface area contributed by atoms with E-state index in [1.165, 1.54) is 30.6 Å². The minimum absolute atomic E-state index is 0.0241. The van der Waals surface area contributed by atoms with E-state index in [1.807, 2.05) is 36.1 Å². The molecule has 2 N–H and O–H groups in total. The normalized spacial score (nSPS) is 15.4. The van der Waals surface area contributed by atoms with Gasteiger partial charge in [0, 0.05) is 60.8 Å². The summed E-state index contributed by atoms with van der Waals surface area (Å²) < 4.78 is 18.7. The second-order valence-electron chi connectivity index (χ2n) is 14.6. The molecule has 2 aliphatic rings. The highest BCUT2D eigenvalue weighted by molar-refractivity contribution is 9.10. The molecule has 1 aromatic heterocycles. The van der Waals surface area contributed by atoms with E-state index >= 15 is 0 Å². The molecule has 2 fully saturated rings. The fourth-order valence-corrected chi connectivity index (χ4v) is 7.61. The summed E-state index contributed by atoms with van der Waals surface area (Å²) in [5, 5.41) is 6.77. The third-order valence-electron chi connectivity index (χ3n) is 10.5. The minimum Gasteiger partial charge on any atom is -0.493 e. The Bertz CT molecular complexity index is 1990. The van der Waals surface area contributed by atoms with Crippen molar-refractivity contribution in [1.29, 1.82) is 0 Å². The first-order chi connectivity index (χ1) is 27.7. The fourth-order valence-electron chi connectivity index (χ4n) is 7.19. The number of ether oxygens (including phenoxy) is 3. The van der Waals surface area contributed by atoms with Crippen LogP contribution in [0.1, 0.15) is 75.7 Å². The van der Waals surface area contributed by atoms with Crippen LogP contribution in [0.2, 0.25) is 0 Å². The van der Waals surface area contributed by atoms with Gasteiger partial charge in [0.05, 0.1) is 25.3 Å². The van der Waals surface area contributed by atoms with Gasteiger partial charge in [-0.05, 0) is 81.3 Å². The molecule has 3 heterocycles. The van der Waals surface area contributed by atoms with Gasteiger partial charge in [0.15, 0.2) is 18.1 Å². The molecule has 2 aliphatic heterocycles. The Morgan fingerprint density at radius 3 is 2.33 bits per heavy atom. The van der Waals surface area contributed by atoms with Crippen molar-refractivity contribution in [2.75, 3.05) is 69.8 Å². The van der Waals surface area contributed by atoms with Crippen molar-refractivity contribution >= 4 is 56.2 Å². The van der Waals surface area contributed by atoms with E-state index in [4.69, 9.17) is 24.2 Å². The Kier molecular flexibility index (Phi) is 15.0. The lowest BCUT2D eigenvalue weighted by Crippen LogP contribution is -2.50. The summed E-state index contributed by atoms with van der Waals surface area (Å²) >= 11 is 3.57. The maximum atomic E-state index is 12.8. The first kappa shape index (κ1) is 41.7. The number of hydrogen-bond donors (Lipinski definition) is 2. The van der Waals surface area contributed by atoms with Gasteiger partial charge in [0.1, 0.15) is 17.4 Å². The second kappa shape index (κ2) is 20.5. The molecule has 2 saturated heterocycles. The lowest BCUT2D eigenvalue weighted by molar-refractivity contribution is -0.135. The highest BCUT2D eigenvalue weighted by atomic mass is 79.9. The third kappa shape index (κ3) is 11.8. The number of aromatic nitrogens is 2. The number of unbranched alkanes of at least 4 members (excludes halogenated alkanes) is 6. The van der Waals surface area contributed by atoms with Crippen LogP contribution in [0, 0.1) is 6.92 Å². The number of amides is 4. The third-order valence-corrected chi connectivity index (χ3v) is 11.0. The van der Waals surface area contributed by atoms with E-state index in [9.17, 15) is 14.4 Å². The number of piperazine rings is 1. The summed E-state index contributed by atoms with van der Waals surface area (Å²) in [4.78, 5) is 51.5. The zero-order valence-corrected chi connectivity index (χ0v) is 34.8. The molecule has 0 radical (unpaired) electrons. The Labute approximate surface area is 343 Å². The van der Waals surface area contributed by atoms with E-state index < -0.39 is 6.03 Å². The number of imide groups is 1. The summed E-state index contributed by atoms with van der Waals surface area (Å²) in [6.07, 6.45) is 8.34. The van der Waals surface area contributed by atoms with Crippen LogP contribution in [-0.2, 0) is 9.59 Å². The van der Waals surface area contributed by atoms with E-state index in [0.717, 1.165) is 65.7 Å². The van der Waals surface area contributed by atoms with Crippen LogP contribution in [0.25, 0.3) is 10.9 Å². The summed E-state index contributed by atoms with van der Waals surface area (Å²) in [6, 6.07) is 18.8. The zero-order chi connectivity index (χ0) is 40.1. The molecular weight excluding hydrogens is 790 g/mol. The molecule has 0 aliphatic carbocycles. The number of carbonyl (C=O) groups excluding carboxylic acids is 3. The minimum atomic E-state index is -0.429. The molecule has 304 valence electrons. The summed E-state index contributed by atoms with van der Waals surface area (Å²) in [5.41, 5.74) is 2.64. The van der Waals surface area contributed by atoms with Gasteiger partial charge < -0.3 is 24.4 Å². The molecule has 6 rings (SSSR count). The number of rotatable bonds is 19. The number of nitrogens with zero attached hydrogens (tertiary/aromatic N) is 5. The SMILES string of the molecule is COc1cc2c(N[C@H](C)c3cccc(Br)c3)nc(C)nc2cc1OCCCCCCCCCN1CCN(C(=O)COc2ccc(N3CCC(=O)NC3=O)cc2)CC1. The first-order valence-corrected chi connectivity index (χ1v) is 20.8. The maximum absolute atomic E-state index is 12.8. The topological polar surface area (TPSA) is 138 Å². The molecule has 4 aromatic rings. The number of urea groups is 1. The molecular formula is C43H54BrN7O6. The standard InChI is InChI=1S/C43H54BrN7O6/c1-30(32-12-11-13-33(44)26-32)45-42-36-27-38(55-3)39(28-37(36)46-31(2)47-42)56-25-10-8-6-4-5-7-9-19-49-21-23-50(24-22-49)41(53)29-57-35-16-14-34(15-17-35)51-20-18-40(52)48-43(51)54/h11-17,26-28,30H,4-10,18-25,29H2,1-3H3,(H,45,46,47)(H,48,52,54)/t30-/m1/s1. The molecule has 13 nitrogen and oxygen atoms in total. The largest absolute Gasteiger partial charge is 0.493 e. The van der Waals surface area contributed by atoms with Crippen molar-refractivity contribution in [3.05, 3.63) is 76.5 Å². The Balaban J connectivity index is 0.821. The smallest absolute Gasteiger partial charge is 0.328 e. The number of nitrogens with one attached hydrogen (secondary N) is 2. The van der Waals surface area contributed by atoms with Crippen molar-refractivity contribution < 1.29 is 28.6 Å². The van der Waals surface area contributed by atoms with Gasteiger partial charge in [-0.15, -0.1) is 0 Å². The Morgan fingerprint density at radius 2 is 1.61 bits per heavy atom. The summed E-state index contributed by atoms with van der Waals surface area (Å²) in [5.74, 6) is 3.09. The molecule has 1 atom stereocenters. The highest BCUT2D eigenvalue weighted by Crippen LogP contribution is 2.36. The molecule has 4 amide bonds. The summed E-state index contributed by atoms with van der Waals surface area (Å²) in [6.45, 7) is 9.17. The van der Waals surface area contributed by atoms with E-state index in [0.29, 0.717) is 55.0 Å². The van der Waals surface area contributed by atoms with Gasteiger partial charge in [-0.1, -0.05) is 60.2 Å². The van der Waals surface area contributed by atoms with E-state index in [1.54, 1.807) is 31.4 Å². The molecule has 0 unspecified atom stereocenters. The van der Waals surface area contributed by atoms with Crippen LogP contribution >= 0.6 is 15.9 Å². The number of aryl methyl sites for hydroxylation is 1. The number of benzene rings is 3. The van der Waals surface area contributed by atoms with Crippen LogP contribution in [0.5, 0.6) is 17.2 Å². The number of anilines is 2. The van der Waals surface area contributed by atoms with Crippen molar-refractivity contribution in [3.63, 3.8) is 0 Å². The quantitative estimate of drug-likeness (QED) is 0.0906. The van der Waals surface area contributed by atoms with Crippen LogP contribution in [0.3, 0.4) is 0 Å². The number of fused-ring (bicyclic) bond motifs is 1. The maximum Gasteiger partial charge on any atom is 0.328 e. The van der Waals surface area contributed by atoms with Crippen LogP contribution in [0.4, 0.5) is 16.3 Å². The highest BCUT2D eigenvalue weighted by Gasteiger charge is 2.25. The molecule has 3 aromatic carbocycles. The van der Waals surface area contributed by atoms with Crippen molar-refractivity contribution in [2.45, 2.75) is 71.3 Å². The Hall–Kier alpha value is -4.95. The summed E-state index contributed by atoms with van der Waals surface area (Å²) in [7, 11) is 1.66. The zero-order valence-electron chi connectivity index (χ0n) is 33.2. The van der Waals surface area contributed by atoms with Crippen LogP contribution in [-0.4, -0.2) is 97.2 Å². The van der Waals surface area contributed by atoms with Gasteiger partial charge in [-0.3, -0.25) is 24.7 Å². The fraction of sp³-hybridized carbons (Fsp3) is 0.465. The average Bonchev–Trinajstić information content (AvgIpc) is 3.20. The predicted molar refractivity (Wildman–Crippen MR) is 225 cm³/mol. The van der Waals surface area contributed by atoms with Gasteiger partial charge in [0.2, 0.25) is 5.91 Å². The van der Waals surface area contributed by atoms with Gasteiger partial charge in [-0.2, -0.15) is 0 Å². The predicted octanol–water partition coefficient (Wildman–Crippen LogP) is 7.66.